The van der Waals surface area contributed by atoms with Gasteiger partial charge in [0, 0.05) is 17.1 Å². The van der Waals surface area contributed by atoms with Gasteiger partial charge >= 0.3 is 0 Å². The fraction of sp³-hybridized carbons (Fsp3) is 0. The lowest BCUT2D eigenvalue weighted by molar-refractivity contribution is 0.939. The lowest BCUT2D eigenvalue weighted by atomic mass is 10.1. The molecule has 0 aliphatic carbocycles. The molecule has 0 radical (unpaired) electrons. The van der Waals surface area contributed by atoms with Crippen molar-refractivity contribution < 1.29 is 0 Å². The minimum Gasteiger partial charge on any atom is -0.286 e. The Kier molecular flexibility index (Phi) is 2.43. The maximum Gasteiger partial charge on any atom is 0.227 e. The molecular weight excluding hydrogens is 246 g/mol. The molecule has 1 aromatic carbocycles. The van der Waals surface area contributed by atoms with Crippen molar-refractivity contribution >= 4 is 16.2 Å². The van der Waals surface area contributed by atoms with E-state index in [1.54, 1.807) is 16.1 Å². The summed E-state index contributed by atoms with van der Waals surface area (Å²) >= 11 is 1.33. The van der Waals surface area contributed by atoms with Crippen molar-refractivity contribution in [1.82, 2.24) is 9.61 Å². The average molecular weight is 253 g/mol. The van der Waals surface area contributed by atoms with Crippen LogP contribution in [0.1, 0.15) is 5.56 Å². The Hall–Kier alpha value is -2.45. The molecule has 0 aliphatic rings. The molecule has 5 heteroatoms. The second-order valence-corrected chi connectivity index (χ2v) is 4.58. The molecule has 0 atom stereocenters. The van der Waals surface area contributed by atoms with Crippen LogP contribution in [-0.2, 0) is 0 Å². The van der Waals surface area contributed by atoms with Crippen LogP contribution in [0.2, 0.25) is 0 Å². The summed E-state index contributed by atoms with van der Waals surface area (Å²) in [6.45, 7) is 0. The number of hydrogen-bond acceptors (Lipinski definition) is 4. The summed E-state index contributed by atoms with van der Waals surface area (Å²) in [5.74, 6) is 0. The first-order valence-corrected chi connectivity index (χ1v) is 6.15. The molecule has 4 nitrogen and oxygen atoms in total. The zero-order valence-electron chi connectivity index (χ0n) is 9.20. The molecule has 0 bridgehead atoms. The van der Waals surface area contributed by atoms with Crippen molar-refractivity contribution in [3.05, 3.63) is 57.7 Å². The van der Waals surface area contributed by atoms with Crippen LogP contribution in [0.3, 0.4) is 0 Å². The monoisotopic (exact) mass is 253 g/mol. The van der Waals surface area contributed by atoms with Crippen molar-refractivity contribution in [2.24, 2.45) is 0 Å². The lowest BCUT2D eigenvalue weighted by Gasteiger charge is -2.02. The molecule has 0 saturated carbocycles. The quantitative estimate of drug-likeness (QED) is 0.668. The van der Waals surface area contributed by atoms with Crippen LogP contribution in [0.25, 0.3) is 16.1 Å². The molecule has 0 N–H and O–H groups in total. The fourth-order valence-corrected chi connectivity index (χ4v) is 2.55. The minimum atomic E-state index is -0.314. The van der Waals surface area contributed by atoms with E-state index in [1.165, 1.54) is 11.3 Å². The van der Waals surface area contributed by atoms with Gasteiger partial charge in [-0.05, 0) is 0 Å². The van der Waals surface area contributed by atoms with Crippen LogP contribution in [-0.4, -0.2) is 9.61 Å². The predicted octanol–water partition coefficient (Wildman–Crippen LogP) is 2.29. The van der Waals surface area contributed by atoms with Crippen LogP contribution in [0.15, 0.2) is 46.7 Å². The number of fused-ring (bicyclic) bond motifs is 1. The van der Waals surface area contributed by atoms with Gasteiger partial charge in [0.1, 0.15) is 22.2 Å². The summed E-state index contributed by atoms with van der Waals surface area (Å²) < 4.78 is 1.58. The summed E-state index contributed by atoms with van der Waals surface area (Å²) in [6.07, 6.45) is 1.74. The van der Waals surface area contributed by atoms with E-state index in [0.29, 0.717) is 10.5 Å². The molecule has 0 amide bonds. The summed E-state index contributed by atoms with van der Waals surface area (Å²) in [6, 6.07) is 11.1. The third-order valence-corrected chi connectivity index (χ3v) is 3.48. The van der Waals surface area contributed by atoms with Crippen molar-refractivity contribution in [3.63, 3.8) is 0 Å². The summed E-state index contributed by atoms with van der Waals surface area (Å²) in [7, 11) is 0. The molecule has 0 spiro atoms. The second-order valence-electron chi connectivity index (χ2n) is 3.68. The Balaban J connectivity index is 2.42. The van der Waals surface area contributed by atoms with Crippen LogP contribution in [0, 0.1) is 11.3 Å². The predicted molar refractivity (Wildman–Crippen MR) is 69.5 cm³/mol. The third-order valence-electron chi connectivity index (χ3n) is 2.61. The smallest absolute Gasteiger partial charge is 0.227 e. The molecular formula is C13H7N3OS. The highest BCUT2D eigenvalue weighted by Crippen LogP contribution is 2.18. The normalized spacial score (nSPS) is 10.4. The van der Waals surface area contributed by atoms with Crippen LogP contribution in [0.5, 0.6) is 0 Å². The first kappa shape index (κ1) is 10.7. The van der Waals surface area contributed by atoms with Gasteiger partial charge in [-0.15, -0.1) is 11.3 Å². The number of hydrogen-bond donors (Lipinski definition) is 0. The topological polar surface area (TPSA) is 58.2 Å². The molecule has 3 aromatic rings. The van der Waals surface area contributed by atoms with Gasteiger partial charge in [-0.3, -0.25) is 4.79 Å². The van der Waals surface area contributed by atoms with Gasteiger partial charge in [0.2, 0.25) is 5.43 Å². The van der Waals surface area contributed by atoms with E-state index in [0.717, 1.165) is 5.56 Å². The van der Waals surface area contributed by atoms with Crippen LogP contribution in [0.4, 0.5) is 0 Å². The first-order valence-electron chi connectivity index (χ1n) is 5.27. The molecule has 0 aliphatic heterocycles. The van der Waals surface area contributed by atoms with E-state index in [4.69, 9.17) is 5.26 Å². The lowest BCUT2D eigenvalue weighted by Crippen LogP contribution is -2.14. The first-order chi connectivity index (χ1) is 8.81. The van der Waals surface area contributed by atoms with Crippen molar-refractivity contribution in [1.29, 1.82) is 5.26 Å². The largest absolute Gasteiger partial charge is 0.286 e. The van der Waals surface area contributed by atoms with E-state index < -0.39 is 0 Å². The standard InChI is InChI=1S/C13H7N3OS/c14-8-10-12(17)11(9-4-2-1-3-5-9)15-16-6-7-18-13(10)16/h1-7H. The van der Waals surface area contributed by atoms with Crippen molar-refractivity contribution in [2.45, 2.75) is 0 Å². The summed E-state index contributed by atoms with van der Waals surface area (Å²) in [4.78, 5) is 12.8. The highest BCUT2D eigenvalue weighted by molar-refractivity contribution is 7.15. The van der Waals surface area contributed by atoms with Gasteiger partial charge in [-0.25, -0.2) is 4.52 Å². The van der Waals surface area contributed by atoms with Gasteiger partial charge in [-0.1, -0.05) is 30.3 Å². The zero-order chi connectivity index (χ0) is 12.5. The minimum absolute atomic E-state index is 0.152. The van der Waals surface area contributed by atoms with Gasteiger partial charge in [0.05, 0.1) is 0 Å². The molecule has 0 unspecified atom stereocenters. The number of benzene rings is 1. The molecule has 2 aromatic heterocycles. The number of aromatic nitrogens is 2. The molecule has 86 valence electrons. The number of nitrogens with zero attached hydrogens (tertiary/aromatic N) is 3. The highest BCUT2D eigenvalue weighted by atomic mass is 32.1. The van der Waals surface area contributed by atoms with Crippen molar-refractivity contribution in [2.75, 3.05) is 0 Å². The molecule has 0 saturated heterocycles. The summed E-state index contributed by atoms with van der Waals surface area (Å²) in [5, 5.41) is 15.2. The Labute approximate surface area is 106 Å². The average Bonchev–Trinajstić information content (AvgIpc) is 2.87. The number of thiazole rings is 1. The molecule has 18 heavy (non-hydrogen) atoms. The molecule has 2 heterocycles. The van der Waals surface area contributed by atoms with E-state index in [2.05, 4.69) is 5.10 Å². The van der Waals surface area contributed by atoms with Crippen molar-refractivity contribution in [3.8, 4) is 17.3 Å². The third kappa shape index (κ3) is 1.51. The molecule has 0 fully saturated rings. The maximum absolute atomic E-state index is 12.2. The Morgan fingerprint density at radius 3 is 2.78 bits per heavy atom. The number of rotatable bonds is 1. The Bertz CT molecular complexity index is 812. The highest BCUT2D eigenvalue weighted by Gasteiger charge is 2.14. The Morgan fingerprint density at radius 1 is 1.28 bits per heavy atom. The van der Waals surface area contributed by atoms with Gasteiger partial charge < -0.3 is 0 Å². The van der Waals surface area contributed by atoms with Crippen LogP contribution < -0.4 is 5.43 Å². The van der Waals surface area contributed by atoms with Gasteiger partial charge in [0.15, 0.2) is 0 Å². The summed E-state index contributed by atoms with van der Waals surface area (Å²) in [5.41, 5.74) is 0.868. The second kappa shape index (κ2) is 4.09. The van der Waals surface area contributed by atoms with E-state index in [-0.39, 0.29) is 11.0 Å². The zero-order valence-corrected chi connectivity index (χ0v) is 10.0. The van der Waals surface area contributed by atoms with E-state index in [1.807, 2.05) is 36.4 Å². The fourth-order valence-electron chi connectivity index (χ4n) is 1.78. The van der Waals surface area contributed by atoms with E-state index >= 15 is 0 Å². The Morgan fingerprint density at radius 2 is 2.06 bits per heavy atom. The maximum atomic E-state index is 12.2. The van der Waals surface area contributed by atoms with Gasteiger partial charge in [0.25, 0.3) is 0 Å². The van der Waals surface area contributed by atoms with Gasteiger partial charge in [-0.2, -0.15) is 10.4 Å². The SMILES string of the molecule is N#Cc1c(=O)c(-c2ccccc2)nn2ccsc12. The molecule has 3 rings (SSSR count). The van der Waals surface area contributed by atoms with Crippen LogP contribution >= 0.6 is 11.3 Å². The number of nitriles is 1. The van der Waals surface area contributed by atoms with E-state index in [9.17, 15) is 4.79 Å².